The molecule has 13 heavy (non-hydrogen) atoms. The second kappa shape index (κ2) is 3.49. The molecule has 0 aliphatic carbocycles. The van der Waals surface area contributed by atoms with Crippen molar-refractivity contribution in [3.63, 3.8) is 0 Å². The minimum absolute atomic E-state index is 0.328. The Hall–Kier alpha value is -1.49. The summed E-state index contributed by atoms with van der Waals surface area (Å²) in [6.07, 6.45) is 6.00. The quantitative estimate of drug-likeness (QED) is 0.688. The first-order chi connectivity index (χ1) is 6.42. The Balaban J connectivity index is 2.40. The Morgan fingerprint density at radius 3 is 3.08 bits per heavy atom. The Kier molecular flexibility index (Phi) is 2.18. The van der Waals surface area contributed by atoms with E-state index < -0.39 is 0 Å². The van der Waals surface area contributed by atoms with Crippen molar-refractivity contribution in [1.82, 2.24) is 14.5 Å². The van der Waals surface area contributed by atoms with E-state index in [1.807, 2.05) is 5.38 Å². The fraction of sp³-hybridized carbons (Fsp3) is 0.125. The third-order valence-corrected chi connectivity index (χ3v) is 2.38. The Morgan fingerprint density at radius 2 is 2.38 bits per heavy atom. The molecule has 4 nitrogen and oxygen atoms in total. The van der Waals surface area contributed by atoms with Gasteiger partial charge in [-0.25, -0.2) is 9.97 Å². The lowest BCUT2D eigenvalue weighted by atomic mass is 10.6. The monoisotopic (exact) mass is 193 g/mol. The molecule has 66 valence electrons. The predicted octanol–water partition coefficient (Wildman–Crippen LogP) is 1.21. The second-order valence-electron chi connectivity index (χ2n) is 2.41. The van der Waals surface area contributed by atoms with Crippen LogP contribution in [0.3, 0.4) is 0 Å². The van der Waals surface area contributed by atoms with Crippen LogP contribution < -0.4 is 0 Å². The van der Waals surface area contributed by atoms with Crippen molar-refractivity contribution in [2.75, 3.05) is 0 Å². The molecular formula is C8H7N3OS. The molecule has 0 atom stereocenters. The highest BCUT2D eigenvalue weighted by molar-refractivity contribution is 7.13. The van der Waals surface area contributed by atoms with Crippen LogP contribution in [0.15, 0.2) is 24.0 Å². The van der Waals surface area contributed by atoms with Crippen LogP contribution in [-0.2, 0) is 11.3 Å². The van der Waals surface area contributed by atoms with Crippen LogP contribution in [0.25, 0.3) is 10.8 Å². The van der Waals surface area contributed by atoms with Gasteiger partial charge >= 0.3 is 0 Å². The van der Waals surface area contributed by atoms with Gasteiger partial charge < -0.3 is 9.36 Å². The topological polar surface area (TPSA) is 47.8 Å². The first-order valence-corrected chi connectivity index (χ1v) is 4.64. The molecule has 0 aromatic carbocycles. The standard InChI is InChI=1S/C8H7N3OS/c12-5-4-11-3-1-9-7(11)8-10-2-6-13-8/h1-3,5-6H,4H2. The van der Waals surface area contributed by atoms with E-state index >= 15 is 0 Å². The summed E-state index contributed by atoms with van der Waals surface area (Å²) in [6.45, 7) is 0.328. The van der Waals surface area contributed by atoms with Gasteiger partial charge in [-0.3, -0.25) is 0 Å². The molecule has 0 saturated carbocycles. The molecule has 0 N–H and O–H groups in total. The lowest BCUT2D eigenvalue weighted by molar-refractivity contribution is -0.108. The highest BCUT2D eigenvalue weighted by Gasteiger charge is 2.06. The number of hydrogen-bond acceptors (Lipinski definition) is 4. The van der Waals surface area contributed by atoms with Crippen molar-refractivity contribution in [2.45, 2.75) is 6.54 Å². The van der Waals surface area contributed by atoms with E-state index in [0.717, 1.165) is 17.1 Å². The number of imidazole rings is 1. The third kappa shape index (κ3) is 1.50. The number of aldehydes is 1. The van der Waals surface area contributed by atoms with E-state index in [9.17, 15) is 4.79 Å². The molecule has 0 amide bonds. The molecule has 5 heteroatoms. The van der Waals surface area contributed by atoms with Crippen LogP contribution in [0.2, 0.25) is 0 Å². The first kappa shape index (κ1) is 8.12. The van der Waals surface area contributed by atoms with Gasteiger partial charge in [0.05, 0.1) is 6.54 Å². The Morgan fingerprint density at radius 1 is 1.46 bits per heavy atom. The van der Waals surface area contributed by atoms with Crippen molar-refractivity contribution < 1.29 is 4.79 Å². The third-order valence-electron chi connectivity index (χ3n) is 1.61. The molecule has 0 unspecified atom stereocenters. The van der Waals surface area contributed by atoms with Crippen molar-refractivity contribution in [1.29, 1.82) is 0 Å². The maximum Gasteiger partial charge on any atom is 0.169 e. The smallest absolute Gasteiger partial charge is 0.169 e. The van der Waals surface area contributed by atoms with Crippen molar-refractivity contribution in [3.05, 3.63) is 24.0 Å². The number of thiazole rings is 1. The van der Waals surface area contributed by atoms with Gasteiger partial charge in [0.1, 0.15) is 6.29 Å². The summed E-state index contributed by atoms with van der Waals surface area (Å²) in [5.74, 6) is 0.752. The van der Waals surface area contributed by atoms with Gasteiger partial charge in [-0.1, -0.05) is 0 Å². The molecule has 0 spiro atoms. The molecule has 0 aliphatic rings. The summed E-state index contributed by atoms with van der Waals surface area (Å²) in [7, 11) is 0. The number of aromatic nitrogens is 3. The van der Waals surface area contributed by atoms with Gasteiger partial charge in [0.15, 0.2) is 10.8 Å². The van der Waals surface area contributed by atoms with Crippen LogP contribution in [-0.4, -0.2) is 20.8 Å². The number of nitrogens with zero attached hydrogens (tertiary/aromatic N) is 3. The van der Waals surface area contributed by atoms with E-state index in [-0.39, 0.29) is 0 Å². The van der Waals surface area contributed by atoms with Gasteiger partial charge in [-0.2, -0.15) is 0 Å². The normalized spacial score (nSPS) is 10.2. The summed E-state index contributed by atoms with van der Waals surface area (Å²) in [5.41, 5.74) is 0. The molecule has 0 saturated heterocycles. The molecular weight excluding hydrogens is 186 g/mol. The fourth-order valence-electron chi connectivity index (χ4n) is 1.07. The SMILES string of the molecule is O=CCn1ccnc1-c1nccs1. The molecule has 0 fully saturated rings. The number of carbonyl (C=O) groups is 1. The van der Waals surface area contributed by atoms with Gasteiger partial charge in [0, 0.05) is 24.0 Å². The fourth-order valence-corrected chi connectivity index (χ4v) is 1.72. The first-order valence-electron chi connectivity index (χ1n) is 3.76. The van der Waals surface area contributed by atoms with Gasteiger partial charge in [-0.05, 0) is 0 Å². The molecule has 2 heterocycles. The number of rotatable bonds is 3. The highest BCUT2D eigenvalue weighted by Crippen LogP contribution is 2.18. The highest BCUT2D eigenvalue weighted by atomic mass is 32.1. The second-order valence-corrected chi connectivity index (χ2v) is 3.30. The van der Waals surface area contributed by atoms with Gasteiger partial charge in [0.25, 0.3) is 0 Å². The maximum absolute atomic E-state index is 10.3. The summed E-state index contributed by atoms with van der Waals surface area (Å²) in [5, 5.41) is 2.72. The Labute approximate surface area is 78.9 Å². The van der Waals surface area contributed by atoms with Crippen LogP contribution >= 0.6 is 11.3 Å². The molecule has 0 radical (unpaired) electrons. The van der Waals surface area contributed by atoms with E-state index in [1.165, 1.54) is 11.3 Å². The number of carbonyl (C=O) groups excluding carboxylic acids is 1. The van der Waals surface area contributed by atoms with Crippen LogP contribution in [0, 0.1) is 0 Å². The lowest BCUT2D eigenvalue weighted by Gasteiger charge is -1.98. The van der Waals surface area contributed by atoms with E-state index in [2.05, 4.69) is 9.97 Å². The molecule has 0 bridgehead atoms. The minimum atomic E-state index is 0.328. The average molecular weight is 193 g/mol. The van der Waals surface area contributed by atoms with Crippen LogP contribution in [0.5, 0.6) is 0 Å². The summed E-state index contributed by atoms with van der Waals surface area (Å²) in [6, 6.07) is 0. The van der Waals surface area contributed by atoms with E-state index in [0.29, 0.717) is 6.54 Å². The average Bonchev–Trinajstić information content (AvgIpc) is 2.71. The minimum Gasteiger partial charge on any atom is -0.322 e. The van der Waals surface area contributed by atoms with Crippen LogP contribution in [0.4, 0.5) is 0 Å². The summed E-state index contributed by atoms with van der Waals surface area (Å²) < 4.78 is 1.77. The Bertz CT molecular complexity index is 393. The molecule has 0 aliphatic heterocycles. The van der Waals surface area contributed by atoms with Crippen LogP contribution in [0.1, 0.15) is 0 Å². The zero-order chi connectivity index (χ0) is 9.10. The molecule has 2 aromatic heterocycles. The van der Waals surface area contributed by atoms with Gasteiger partial charge in [-0.15, -0.1) is 11.3 Å². The zero-order valence-corrected chi connectivity index (χ0v) is 7.57. The predicted molar refractivity (Wildman–Crippen MR) is 49.4 cm³/mol. The van der Waals surface area contributed by atoms with Crippen molar-refractivity contribution >= 4 is 17.6 Å². The molecule has 2 aromatic rings. The largest absolute Gasteiger partial charge is 0.322 e. The molecule has 2 rings (SSSR count). The van der Waals surface area contributed by atoms with E-state index in [4.69, 9.17) is 0 Å². The lowest BCUT2D eigenvalue weighted by Crippen LogP contribution is -1.99. The van der Waals surface area contributed by atoms with E-state index in [1.54, 1.807) is 23.2 Å². The van der Waals surface area contributed by atoms with Gasteiger partial charge in [0.2, 0.25) is 0 Å². The van der Waals surface area contributed by atoms with Crippen molar-refractivity contribution in [3.8, 4) is 10.8 Å². The maximum atomic E-state index is 10.3. The van der Waals surface area contributed by atoms with Crippen molar-refractivity contribution in [2.24, 2.45) is 0 Å². The summed E-state index contributed by atoms with van der Waals surface area (Å²) >= 11 is 1.51. The number of hydrogen-bond donors (Lipinski definition) is 0. The summed E-state index contributed by atoms with van der Waals surface area (Å²) in [4.78, 5) is 18.6. The zero-order valence-electron chi connectivity index (χ0n) is 6.75.